The van der Waals surface area contributed by atoms with E-state index in [0.717, 1.165) is 47.1 Å². The van der Waals surface area contributed by atoms with Crippen LogP contribution in [0.4, 0.5) is 19.0 Å². The Bertz CT molecular complexity index is 1270. The van der Waals surface area contributed by atoms with Gasteiger partial charge in [0, 0.05) is 23.4 Å². The summed E-state index contributed by atoms with van der Waals surface area (Å²) in [5.74, 6) is -0.291. The summed E-state index contributed by atoms with van der Waals surface area (Å²) in [7, 11) is 0. The maximum absolute atomic E-state index is 13.4. The normalized spacial score (nSPS) is 13.9. The zero-order valence-corrected chi connectivity index (χ0v) is 18.2. The predicted molar refractivity (Wildman–Crippen MR) is 121 cm³/mol. The fourth-order valence-electron chi connectivity index (χ4n) is 4.24. The van der Waals surface area contributed by atoms with E-state index in [1.807, 2.05) is 48.5 Å². The average molecular weight is 465 g/mol. The van der Waals surface area contributed by atoms with Crippen LogP contribution in [0.1, 0.15) is 41.9 Å². The molecule has 5 rings (SSSR count). The van der Waals surface area contributed by atoms with Crippen LogP contribution in [-0.4, -0.2) is 30.6 Å². The quantitative estimate of drug-likeness (QED) is 0.393. The number of H-pyrrole nitrogens is 1. The van der Waals surface area contributed by atoms with E-state index in [1.165, 1.54) is 0 Å². The number of aromatic nitrogens is 6. The van der Waals surface area contributed by atoms with Crippen molar-refractivity contribution >= 4 is 5.82 Å². The monoisotopic (exact) mass is 465 g/mol. The van der Waals surface area contributed by atoms with Crippen molar-refractivity contribution in [2.75, 3.05) is 5.32 Å². The first-order valence-electron chi connectivity index (χ1n) is 11.1. The highest BCUT2D eigenvalue weighted by atomic mass is 19.4. The van der Waals surface area contributed by atoms with Crippen LogP contribution in [0.5, 0.6) is 0 Å². The maximum Gasteiger partial charge on any atom is 0.451 e. The van der Waals surface area contributed by atoms with Crippen LogP contribution < -0.4 is 5.32 Å². The molecule has 0 unspecified atom stereocenters. The molecule has 1 aliphatic rings. The lowest BCUT2D eigenvalue weighted by molar-refractivity contribution is -0.145. The van der Waals surface area contributed by atoms with Crippen molar-refractivity contribution in [1.82, 2.24) is 30.6 Å². The first-order chi connectivity index (χ1) is 16.5. The van der Waals surface area contributed by atoms with Crippen LogP contribution in [0.3, 0.4) is 0 Å². The van der Waals surface area contributed by atoms with E-state index in [9.17, 15) is 13.2 Å². The van der Waals surface area contributed by atoms with Gasteiger partial charge < -0.3 is 5.32 Å². The zero-order valence-electron chi connectivity index (χ0n) is 18.2. The minimum absolute atomic E-state index is 0.283. The van der Waals surface area contributed by atoms with Crippen molar-refractivity contribution in [3.8, 4) is 22.5 Å². The number of nitrogens with zero attached hydrogens (tertiary/aromatic N) is 5. The van der Waals surface area contributed by atoms with Crippen molar-refractivity contribution in [1.29, 1.82) is 0 Å². The minimum Gasteiger partial charge on any atom is -0.366 e. The first kappa shape index (κ1) is 22.0. The van der Waals surface area contributed by atoms with Gasteiger partial charge in [-0.1, -0.05) is 55.0 Å². The Morgan fingerprint density at radius 1 is 0.882 bits per heavy atom. The molecule has 2 heterocycles. The molecule has 0 fully saturated rings. The van der Waals surface area contributed by atoms with E-state index in [1.54, 1.807) is 0 Å². The summed E-state index contributed by atoms with van der Waals surface area (Å²) in [4.78, 5) is 7.69. The number of anilines is 1. The molecule has 0 amide bonds. The second-order valence-corrected chi connectivity index (χ2v) is 8.21. The second-order valence-electron chi connectivity index (χ2n) is 8.21. The van der Waals surface area contributed by atoms with E-state index in [2.05, 4.69) is 35.9 Å². The van der Waals surface area contributed by atoms with Crippen molar-refractivity contribution in [2.45, 2.75) is 44.8 Å². The average Bonchev–Trinajstić information content (AvgIpc) is 3.27. The van der Waals surface area contributed by atoms with Crippen LogP contribution in [-0.2, 0) is 25.6 Å². The smallest absolute Gasteiger partial charge is 0.366 e. The SMILES string of the molecule is FC(F)(F)c1nc2c(c(NCc3ccc(-c4ccccc4-c4nn[nH]n4)cc3)n1)CCCCC2. The van der Waals surface area contributed by atoms with Gasteiger partial charge in [0.15, 0.2) is 0 Å². The van der Waals surface area contributed by atoms with E-state index in [-0.39, 0.29) is 5.82 Å². The van der Waals surface area contributed by atoms with Gasteiger partial charge in [-0.25, -0.2) is 9.97 Å². The van der Waals surface area contributed by atoms with Gasteiger partial charge in [-0.15, -0.1) is 10.2 Å². The van der Waals surface area contributed by atoms with Gasteiger partial charge in [0.2, 0.25) is 11.6 Å². The standard InChI is InChI=1S/C24H22F3N7/c25-24(26,27)23-29-20-9-3-1-2-8-19(20)21(30-23)28-14-15-10-12-16(13-11-15)17-6-4-5-7-18(17)22-31-33-34-32-22/h4-7,10-13H,1-3,8-9,14H2,(H,28,29,30)(H,31,32,33,34). The molecule has 1 aliphatic carbocycles. The number of aromatic amines is 1. The van der Waals surface area contributed by atoms with Crippen LogP contribution in [0.25, 0.3) is 22.5 Å². The summed E-state index contributed by atoms with van der Waals surface area (Å²) in [6.45, 7) is 0.355. The molecule has 2 aromatic heterocycles. The fourth-order valence-corrected chi connectivity index (χ4v) is 4.24. The number of alkyl halides is 3. The van der Waals surface area contributed by atoms with E-state index in [0.29, 0.717) is 30.9 Å². The van der Waals surface area contributed by atoms with Gasteiger partial charge in [0.1, 0.15) is 5.82 Å². The van der Waals surface area contributed by atoms with E-state index in [4.69, 9.17) is 0 Å². The molecule has 0 spiro atoms. The number of nitrogens with one attached hydrogen (secondary N) is 2. The Balaban J connectivity index is 1.38. The van der Waals surface area contributed by atoms with Gasteiger partial charge in [-0.3, -0.25) is 0 Å². The van der Waals surface area contributed by atoms with Gasteiger partial charge in [-0.05, 0) is 47.6 Å². The highest BCUT2D eigenvalue weighted by Crippen LogP contribution is 2.33. The molecule has 7 nitrogen and oxygen atoms in total. The number of rotatable bonds is 5. The molecule has 174 valence electrons. The van der Waals surface area contributed by atoms with Crippen molar-refractivity contribution in [3.63, 3.8) is 0 Å². The largest absolute Gasteiger partial charge is 0.451 e. The Morgan fingerprint density at radius 2 is 1.65 bits per heavy atom. The molecule has 0 radical (unpaired) electrons. The summed E-state index contributed by atoms with van der Waals surface area (Å²) in [5, 5.41) is 17.4. The molecular weight excluding hydrogens is 443 g/mol. The van der Waals surface area contributed by atoms with Crippen molar-refractivity contribution in [3.05, 3.63) is 71.2 Å². The third-order valence-corrected chi connectivity index (χ3v) is 5.92. The van der Waals surface area contributed by atoms with Crippen LogP contribution in [0.15, 0.2) is 48.5 Å². The highest BCUT2D eigenvalue weighted by Gasteiger charge is 2.36. The zero-order chi connectivity index (χ0) is 23.5. The second kappa shape index (κ2) is 9.20. The molecule has 0 saturated heterocycles. The molecular formula is C24H22F3N7. The Kier molecular flexibility index (Phi) is 5.95. The molecule has 0 saturated carbocycles. The minimum atomic E-state index is -4.58. The molecule has 0 atom stereocenters. The topological polar surface area (TPSA) is 92.3 Å². The molecule has 0 aliphatic heterocycles. The Hall–Kier alpha value is -3.82. The number of hydrogen-bond acceptors (Lipinski definition) is 6. The highest BCUT2D eigenvalue weighted by molar-refractivity contribution is 5.80. The molecule has 34 heavy (non-hydrogen) atoms. The number of fused-ring (bicyclic) bond motifs is 1. The maximum atomic E-state index is 13.4. The Labute approximate surface area is 193 Å². The Morgan fingerprint density at radius 3 is 2.38 bits per heavy atom. The van der Waals surface area contributed by atoms with Gasteiger partial charge >= 0.3 is 6.18 Å². The lowest BCUT2D eigenvalue weighted by atomic mass is 9.98. The number of tetrazole rings is 1. The third-order valence-electron chi connectivity index (χ3n) is 5.92. The van der Waals surface area contributed by atoms with Gasteiger partial charge in [0.05, 0.1) is 0 Å². The third kappa shape index (κ3) is 4.61. The first-order valence-corrected chi connectivity index (χ1v) is 11.1. The predicted octanol–water partition coefficient (Wildman–Crippen LogP) is 5.22. The van der Waals surface area contributed by atoms with Gasteiger partial charge in [0.25, 0.3) is 0 Å². The number of aryl methyl sites for hydroxylation is 1. The van der Waals surface area contributed by atoms with Crippen LogP contribution in [0, 0.1) is 0 Å². The van der Waals surface area contributed by atoms with E-state index < -0.39 is 12.0 Å². The molecule has 4 aromatic rings. The molecule has 0 bridgehead atoms. The summed E-state index contributed by atoms with van der Waals surface area (Å²) >= 11 is 0. The summed E-state index contributed by atoms with van der Waals surface area (Å²) < 4.78 is 40.1. The number of benzene rings is 2. The molecule has 10 heteroatoms. The molecule has 2 N–H and O–H groups in total. The van der Waals surface area contributed by atoms with Crippen molar-refractivity contribution in [2.24, 2.45) is 0 Å². The molecule has 2 aromatic carbocycles. The van der Waals surface area contributed by atoms with Crippen LogP contribution in [0.2, 0.25) is 0 Å². The van der Waals surface area contributed by atoms with Crippen molar-refractivity contribution < 1.29 is 13.2 Å². The number of halogens is 3. The lowest BCUT2D eigenvalue weighted by Crippen LogP contribution is -2.17. The fraction of sp³-hybridized carbons (Fsp3) is 0.292. The lowest BCUT2D eigenvalue weighted by Gasteiger charge is -2.16. The number of hydrogen-bond donors (Lipinski definition) is 2. The summed E-state index contributed by atoms with van der Waals surface area (Å²) in [6, 6.07) is 15.6. The summed E-state index contributed by atoms with van der Waals surface area (Å²) in [5.41, 5.74) is 5.02. The van der Waals surface area contributed by atoms with Crippen LogP contribution >= 0.6 is 0 Å². The van der Waals surface area contributed by atoms with E-state index >= 15 is 0 Å². The summed E-state index contributed by atoms with van der Waals surface area (Å²) in [6.07, 6.45) is -0.612. The van der Waals surface area contributed by atoms with Gasteiger partial charge in [-0.2, -0.15) is 18.4 Å².